The highest BCUT2D eigenvalue weighted by Gasteiger charge is 2.11. The Bertz CT molecular complexity index is 1160. The predicted molar refractivity (Wildman–Crippen MR) is 123 cm³/mol. The number of ether oxygens (including phenoxy) is 1. The standard InChI is InChI=1S/C21H20N6O2S2/c1-14-12-18(27(2)26-14)23-19(28)13-30-21-25-24-20(31-21)22-15-8-10-17(11-9-15)29-16-6-4-3-5-7-16/h3-12H,13H2,1-2H3,(H,22,24)(H,23,28). The van der Waals surface area contributed by atoms with Crippen LogP contribution in [0.15, 0.2) is 65.0 Å². The maximum atomic E-state index is 12.2. The maximum Gasteiger partial charge on any atom is 0.235 e. The van der Waals surface area contributed by atoms with Crippen molar-refractivity contribution >= 4 is 45.6 Å². The van der Waals surface area contributed by atoms with Crippen LogP contribution in [0.3, 0.4) is 0 Å². The average molecular weight is 453 g/mol. The molecule has 0 fully saturated rings. The minimum absolute atomic E-state index is 0.119. The third-order valence-corrected chi connectivity index (χ3v) is 6.06. The number of aryl methyl sites for hydroxylation is 2. The number of hydrogen-bond acceptors (Lipinski definition) is 8. The van der Waals surface area contributed by atoms with Crippen LogP contribution in [0.1, 0.15) is 5.69 Å². The van der Waals surface area contributed by atoms with E-state index in [2.05, 4.69) is 25.9 Å². The van der Waals surface area contributed by atoms with E-state index in [1.807, 2.05) is 67.6 Å². The van der Waals surface area contributed by atoms with E-state index in [1.54, 1.807) is 11.7 Å². The number of rotatable bonds is 8. The first-order valence-electron chi connectivity index (χ1n) is 9.42. The van der Waals surface area contributed by atoms with Gasteiger partial charge in [0, 0.05) is 18.8 Å². The van der Waals surface area contributed by atoms with Crippen LogP contribution in [0.2, 0.25) is 0 Å². The molecule has 0 aliphatic rings. The van der Waals surface area contributed by atoms with Crippen molar-refractivity contribution in [1.29, 1.82) is 0 Å². The zero-order valence-electron chi connectivity index (χ0n) is 16.9. The van der Waals surface area contributed by atoms with Crippen LogP contribution >= 0.6 is 23.1 Å². The molecule has 8 nitrogen and oxygen atoms in total. The second-order valence-electron chi connectivity index (χ2n) is 6.57. The molecular weight excluding hydrogens is 432 g/mol. The van der Waals surface area contributed by atoms with Crippen molar-refractivity contribution in [2.24, 2.45) is 7.05 Å². The van der Waals surface area contributed by atoms with Crippen molar-refractivity contribution in [1.82, 2.24) is 20.0 Å². The van der Waals surface area contributed by atoms with Crippen molar-refractivity contribution in [3.8, 4) is 11.5 Å². The van der Waals surface area contributed by atoms with Gasteiger partial charge in [-0.25, -0.2) is 0 Å². The van der Waals surface area contributed by atoms with Gasteiger partial charge in [0.25, 0.3) is 0 Å². The Balaban J connectivity index is 1.27. The number of aromatic nitrogens is 4. The summed E-state index contributed by atoms with van der Waals surface area (Å²) < 4.78 is 8.14. The molecule has 0 aliphatic carbocycles. The van der Waals surface area contributed by atoms with Crippen LogP contribution in [0.25, 0.3) is 0 Å². The third kappa shape index (κ3) is 5.83. The Morgan fingerprint density at radius 2 is 1.84 bits per heavy atom. The van der Waals surface area contributed by atoms with E-state index in [0.717, 1.165) is 22.9 Å². The third-order valence-electron chi connectivity index (χ3n) is 4.09. The summed E-state index contributed by atoms with van der Waals surface area (Å²) >= 11 is 2.73. The van der Waals surface area contributed by atoms with Crippen LogP contribution in [-0.2, 0) is 11.8 Å². The van der Waals surface area contributed by atoms with Crippen molar-refractivity contribution < 1.29 is 9.53 Å². The number of nitrogens with zero attached hydrogens (tertiary/aromatic N) is 4. The second-order valence-corrected chi connectivity index (χ2v) is 8.77. The smallest absolute Gasteiger partial charge is 0.235 e. The van der Waals surface area contributed by atoms with Crippen molar-refractivity contribution in [3.63, 3.8) is 0 Å². The van der Waals surface area contributed by atoms with E-state index in [-0.39, 0.29) is 11.7 Å². The van der Waals surface area contributed by atoms with Gasteiger partial charge in [0.15, 0.2) is 4.34 Å². The Morgan fingerprint density at radius 1 is 1.10 bits per heavy atom. The highest BCUT2D eigenvalue weighted by molar-refractivity contribution is 8.01. The summed E-state index contributed by atoms with van der Waals surface area (Å²) in [6, 6.07) is 19.0. The molecule has 4 aromatic rings. The van der Waals surface area contributed by atoms with Crippen LogP contribution in [0, 0.1) is 6.92 Å². The number of amides is 1. The number of nitrogens with one attached hydrogen (secondary N) is 2. The maximum absolute atomic E-state index is 12.2. The fourth-order valence-electron chi connectivity index (χ4n) is 2.71. The van der Waals surface area contributed by atoms with Crippen LogP contribution in [-0.4, -0.2) is 31.6 Å². The quantitative estimate of drug-likeness (QED) is 0.369. The number of para-hydroxylation sites is 1. The average Bonchev–Trinajstić information content (AvgIpc) is 3.34. The Labute approximate surface area is 187 Å². The van der Waals surface area contributed by atoms with Crippen LogP contribution in [0.5, 0.6) is 11.5 Å². The minimum Gasteiger partial charge on any atom is -0.457 e. The molecule has 158 valence electrons. The molecule has 2 N–H and O–H groups in total. The first-order valence-corrected chi connectivity index (χ1v) is 11.2. The van der Waals surface area contributed by atoms with E-state index >= 15 is 0 Å². The molecule has 0 unspecified atom stereocenters. The molecule has 2 heterocycles. The number of hydrogen-bond donors (Lipinski definition) is 2. The normalized spacial score (nSPS) is 10.6. The fourth-order valence-corrected chi connectivity index (χ4v) is 4.28. The molecule has 0 radical (unpaired) electrons. The number of carbonyl (C=O) groups is 1. The highest BCUT2D eigenvalue weighted by atomic mass is 32.2. The number of thioether (sulfide) groups is 1. The van der Waals surface area contributed by atoms with E-state index in [1.165, 1.54) is 23.1 Å². The van der Waals surface area contributed by atoms with Crippen molar-refractivity contribution in [2.45, 2.75) is 11.3 Å². The van der Waals surface area contributed by atoms with E-state index in [9.17, 15) is 4.79 Å². The van der Waals surface area contributed by atoms with Gasteiger partial charge < -0.3 is 15.4 Å². The summed E-state index contributed by atoms with van der Waals surface area (Å²) in [6.07, 6.45) is 0. The molecule has 31 heavy (non-hydrogen) atoms. The summed E-state index contributed by atoms with van der Waals surface area (Å²) in [5.74, 6) is 2.33. The molecule has 0 saturated heterocycles. The summed E-state index contributed by atoms with van der Waals surface area (Å²) in [6.45, 7) is 1.88. The lowest BCUT2D eigenvalue weighted by molar-refractivity contribution is -0.113. The van der Waals surface area contributed by atoms with Crippen LogP contribution in [0.4, 0.5) is 16.6 Å². The van der Waals surface area contributed by atoms with Gasteiger partial charge in [-0.1, -0.05) is 41.3 Å². The highest BCUT2D eigenvalue weighted by Crippen LogP contribution is 2.29. The molecule has 0 spiro atoms. The van der Waals surface area contributed by atoms with E-state index in [0.29, 0.717) is 15.3 Å². The molecular formula is C21H20N6O2S2. The lowest BCUT2D eigenvalue weighted by Crippen LogP contribution is -2.16. The van der Waals surface area contributed by atoms with Gasteiger partial charge in [0.2, 0.25) is 11.0 Å². The zero-order valence-corrected chi connectivity index (χ0v) is 18.5. The molecule has 0 saturated carbocycles. The van der Waals surface area contributed by atoms with Crippen LogP contribution < -0.4 is 15.4 Å². The van der Waals surface area contributed by atoms with Gasteiger partial charge >= 0.3 is 0 Å². The zero-order chi connectivity index (χ0) is 21.6. The van der Waals surface area contributed by atoms with E-state index in [4.69, 9.17) is 4.74 Å². The number of anilines is 3. The van der Waals surface area contributed by atoms with Gasteiger partial charge in [0.1, 0.15) is 17.3 Å². The van der Waals surface area contributed by atoms with Gasteiger partial charge in [-0.05, 0) is 43.3 Å². The molecule has 0 aliphatic heterocycles. The molecule has 0 atom stereocenters. The molecule has 0 bridgehead atoms. The lowest BCUT2D eigenvalue weighted by atomic mass is 10.3. The molecule has 4 rings (SSSR count). The monoisotopic (exact) mass is 452 g/mol. The second kappa shape index (κ2) is 9.63. The van der Waals surface area contributed by atoms with Gasteiger partial charge in [0.05, 0.1) is 11.4 Å². The summed E-state index contributed by atoms with van der Waals surface area (Å²) in [4.78, 5) is 12.2. The summed E-state index contributed by atoms with van der Waals surface area (Å²) in [7, 11) is 1.79. The molecule has 1 amide bonds. The molecule has 2 aromatic heterocycles. The first-order chi connectivity index (χ1) is 15.0. The Kier molecular flexibility index (Phi) is 6.48. The predicted octanol–water partition coefficient (Wildman–Crippen LogP) is 4.85. The van der Waals surface area contributed by atoms with Crippen molar-refractivity contribution in [2.75, 3.05) is 16.4 Å². The number of carbonyl (C=O) groups excluding carboxylic acids is 1. The Hall–Kier alpha value is -3.37. The topological polar surface area (TPSA) is 94.0 Å². The Morgan fingerprint density at radius 3 is 2.55 bits per heavy atom. The summed E-state index contributed by atoms with van der Waals surface area (Å²) in [5.41, 5.74) is 1.72. The molecule has 10 heteroatoms. The largest absolute Gasteiger partial charge is 0.457 e. The van der Waals surface area contributed by atoms with Gasteiger partial charge in [-0.15, -0.1) is 10.2 Å². The van der Waals surface area contributed by atoms with E-state index < -0.39 is 0 Å². The van der Waals surface area contributed by atoms with Crippen molar-refractivity contribution in [3.05, 3.63) is 66.4 Å². The SMILES string of the molecule is Cc1cc(NC(=O)CSc2nnc(Nc3ccc(Oc4ccccc4)cc3)s2)n(C)n1. The minimum atomic E-state index is -0.119. The fraction of sp³-hybridized carbons (Fsp3) is 0.143. The first kappa shape index (κ1) is 20.9. The van der Waals surface area contributed by atoms with Gasteiger partial charge in [-0.2, -0.15) is 5.10 Å². The number of benzene rings is 2. The van der Waals surface area contributed by atoms with Gasteiger partial charge in [-0.3, -0.25) is 9.48 Å². The lowest BCUT2D eigenvalue weighted by Gasteiger charge is -2.06. The summed E-state index contributed by atoms with van der Waals surface area (Å²) in [5, 5.41) is 19.2. The molecule has 2 aromatic carbocycles.